The van der Waals surface area contributed by atoms with Gasteiger partial charge in [0.2, 0.25) is 5.65 Å². The molecule has 24 heavy (non-hydrogen) atoms. The molecule has 2 rings (SSSR count). The molecule has 0 bridgehead atoms. The Hall–Kier alpha value is -2.38. The highest BCUT2D eigenvalue weighted by atomic mass is 16.5. The van der Waals surface area contributed by atoms with E-state index in [2.05, 4.69) is 39.8 Å². The third kappa shape index (κ3) is 3.93. The summed E-state index contributed by atoms with van der Waals surface area (Å²) in [5.41, 5.74) is 1.03. The molecule has 2 aromatic heterocycles. The zero-order valence-corrected chi connectivity index (χ0v) is 15.0. The van der Waals surface area contributed by atoms with Gasteiger partial charge in [-0.05, 0) is 19.8 Å². The molecule has 0 spiro atoms. The van der Waals surface area contributed by atoms with E-state index in [4.69, 9.17) is 4.74 Å². The van der Waals surface area contributed by atoms with Crippen LogP contribution in [0.15, 0.2) is 6.07 Å². The maximum atomic E-state index is 11.8. The van der Waals surface area contributed by atoms with Gasteiger partial charge < -0.3 is 10.1 Å². The zero-order valence-electron chi connectivity index (χ0n) is 15.0. The van der Waals surface area contributed by atoms with Gasteiger partial charge in [-0.2, -0.15) is 4.52 Å². The number of hydrogen-bond acceptors (Lipinski definition) is 6. The molecule has 8 nitrogen and oxygen atoms in total. The van der Waals surface area contributed by atoms with Gasteiger partial charge in [-0.1, -0.05) is 27.7 Å². The number of anilines is 2. The Morgan fingerprint density at radius 3 is 2.54 bits per heavy atom. The van der Waals surface area contributed by atoms with E-state index in [1.165, 1.54) is 0 Å². The molecule has 2 heterocycles. The number of amides is 1. The second-order valence-electron chi connectivity index (χ2n) is 5.89. The van der Waals surface area contributed by atoms with Crippen molar-refractivity contribution < 1.29 is 9.53 Å². The number of rotatable bonds is 7. The van der Waals surface area contributed by atoms with Crippen LogP contribution in [-0.2, 0) is 4.74 Å². The minimum atomic E-state index is -0.520. The number of carbonyl (C=O) groups excluding carboxylic acids is 1. The molecule has 8 heteroatoms. The lowest BCUT2D eigenvalue weighted by molar-refractivity contribution is 0.168. The quantitative estimate of drug-likeness (QED) is 0.806. The lowest BCUT2D eigenvalue weighted by atomic mass is 10.2. The van der Waals surface area contributed by atoms with Crippen LogP contribution in [0, 0.1) is 0 Å². The van der Waals surface area contributed by atoms with Crippen LogP contribution in [0.1, 0.15) is 59.2 Å². The molecular formula is C16H26N6O2. The van der Waals surface area contributed by atoms with Crippen LogP contribution >= 0.6 is 0 Å². The number of carbonyl (C=O) groups is 1. The number of ether oxygens (including phenoxy) is 1. The SMILES string of the molecule is CCOC(=O)Nc1cc(NC(CC)CC)nn2c(C(C)C)nnc12. The van der Waals surface area contributed by atoms with Crippen LogP contribution < -0.4 is 10.6 Å². The molecule has 0 aliphatic rings. The highest BCUT2D eigenvalue weighted by molar-refractivity contribution is 5.90. The minimum Gasteiger partial charge on any atom is -0.450 e. The lowest BCUT2D eigenvalue weighted by Gasteiger charge is -2.17. The molecule has 0 radical (unpaired) electrons. The van der Waals surface area contributed by atoms with Gasteiger partial charge >= 0.3 is 6.09 Å². The predicted octanol–water partition coefficient (Wildman–Crippen LogP) is 3.42. The molecular weight excluding hydrogens is 308 g/mol. The number of hydrogen-bond donors (Lipinski definition) is 2. The summed E-state index contributed by atoms with van der Waals surface area (Å²) in [6.07, 6.45) is 1.44. The van der Waals surface area contributed by atoms with Gasteiger partial charge in [0.05, 0.1) is 12.3 Å². The molecule has 2 aromatic rings. The van der Waals surface area contributed by atoms with Gasteiger partial charge in [0.25, 0.3) is 0 Å². The van der Waals surface area contributed by atoms with Crippen molar-refractivity contribution in [1.29, 1.82) is 0 Å². The van der Waals surface area contributed by atoms with E-state index in [0.29, 0.717) is 29.8 Å². The third-order valence-electron chi connectivity index (χ3n) is 3.76. The maximum Gasteiger partial charge on any atom is 0.411 e. The van der Waals surface area contributed by atoms with Gasteiger partial charge in [0.15, 0.2) is 5.82 Å². The van der Waals surface area contributed by atoms with E-state index in [-0.39, 0.29) is 5.92 Å². The van der Waals surface area contributed by atoms with Crippen molar-refractivity contribution in [3.05, 3.63) is 11.9 Å². The number of fused-ring (bicyclic) bond motifs is 1. The molecule has 1 amide bonds. The van der Waals surface area contributed by atoms with Crippen molar-refractivity contribution in [3.8, 4) is 0 Å². The summed E-state index contributed by atoms with van der Waals surface area (Å²) in [7, 11) is 0. The summed E-state index contributed by atoms with van der Waals surface area (Å²) in [5, 5.41) is 19.1. The third-order valence-corrected chi connectivity index (χ3v) is 3.76. The summed E-state index contributed by atoms with van der Waals surface area (Å²) >= 11 is 0. The van der Waals surface area contributed by atoms with Crippen LogP contribution in [0.2, 0.25) is 0 Å². The number of nitrogens with one attached hydrogen (secondary N) is 2. The van der Waals surface area contributed by atoms with E-state index in [9.17, 15) is 4.79 Å². The molecule has 0 aliphatic heterocycles. The first-order chi connectivity index (χ1) is 11.5. The van der Waals surface area contributed by atoms with E-state index in [1.807, 2.05) is 13.8 Å². The van der Waals surface area contributed by atoms with Crippen LogP contribution in [0.5, 0.6) is 0 Å². The van der Waals surface area contributed by atoms with Gasteiger partial charge in [-0.3, -0.25) is 5.32 Å². The van der Waals surface area contributed by atoms with Crippen molar-refractivity contribution in [2.24, 2.45) is 0 Å². The van der Waals surface area contributed by atoms with Crippen molar-refractivity contribution in [2.75, 3.05) is 17.2 Å². The molecule has 2 N–H and O–H groups in total. The standard InChI is InChI=1S/C16H26N6O2/c1-6-11(7-2)17-13-9-12(18-16(23)24-8-3)15-20-19-14(10(4)5)22(15)21-13/h9-11H,6-8H2,1-5H3,(H,17,21)(H,18,23). The van der Waals surface area contributed by atoms with Gasteiger partial charge in [-0.25, -0.2) is 4.79 Å². The molecule has 0 aromatic carbocycles. The molecule has 0 aliphatic carbocycles. The summed E-state index contributed by atoms with van der Waals surface area (Å²) in [6.45, 7) is 10.4. The monoisotopic (exact) mass is 334 g/mol. The van der Waals surface area contributed by atoms with Crippen molar-refractivity contribution in [3.63, 3.8) is 0 Å². The predicted molar refractivity (Wildman–Crippen MR) is 93.5 cm³/mol. The van der Waals surface area contributed by atoms with Crippen molar-refractivity contribution >= 4 is 23.2 Å². The van der Waals surface area contributed by atoms with Gasteiger partial charge in [0, 0.05) is 18.0 Å². The average Bonchev–Trinajstić information content (AvgIpc) is 2.97. The highest BCUT2D eigenvalue weighted by Crippen LogP contribution is 2.23. The van der Waals surface area contributed by atoms with E-state index in [1.54, 1.807) is 17.5 Å². The van der Waals surface area contributed by atoms with Crippen LogP contribution in [0.4, 0.5) is 16.3 Å². The second-order valence-corrected chi connectivity index (χ2v) is 5.89. The second kappa shape index (κ2) is 7.94. The fourth-order valence-electron chi connectivity index (χ4n) is 2.40. The molecule has 0 atom stereocenters. The van der Waals surface area contributed by atoms with E-state index in [0.717, 1.165) is 18.7 Å². The van der Waals surface area contributed by atoms with Crippen molar-refractivity contribution in [2.45, 2.75) is 59.4 Å². The lowest BCUT2D eigenvalue weighted by Crippen LogP contribution is -2.20. The Balaban J connectivity index is 2.46. The first-order valence-electron chi connectivity index (χ1n) is 8.46. The number of nitrogens with zero attached hydrogens (tertiary/aromatic N) is 4. The summed E-state index contributed by atoms with van der Waals surface area (Å²) in [5.74, 6) is 1.57. The first-order valence-corrected chi connectivity index (χ1v) is 8.46. The summed E-state index contributed by atoms with van der Waals surface area (Å²) in [6, 6.07) is 2.08. The van der Waals surface area contributed by atoms with Crippen LogP contribution in [0.3, 0.4) is 0 Å². The topological polar surface area (TPSA) is 93.4 Å². The maximum absolute atomic E-state index is 11.8. The molecule has 0 saturated heterocycles. The molecule has 0 unspecified atom stereocenters. The molecule has 132 valence electrons. The van der Waals surface area contributed by atoms with E-state index < -0.39 is 6.09 Å². The Kier molecular flexibility index (Phi) is 5.94. The smallest absolute Gasteiger partial charge is 0.411 e. The Morgan fingerprint density at radius 2 is 1.96 bits per heavy atom. The molecule has 0 saturated carbocycles. The molecule has 0 fully saturated rings. The fraction of sp³-hybridized carbons (Fsp3) is 0.625. The normalized spacial score (nSPS) is 11.3. The van der Waals surface area contributed by atoms with E-state index >= 15 is 0 Å². The highest BCUT2D eigenvalue weighted by Gasteiger charge is 2.18. The average molecular weight is 334 g/mol. The largest absolute Gasteiger partial charge is 0.450 e. The fourth-order valence-corrected chi connectivity index (χ4v) is 2.40. The minimum absolute atomic E-state index is 0.159. The Bertz CT molecular complexity index is 693. The Morgan fingerprint density at radius 1 is 1.25 bits per heavy atom. The van der Waals surface area contributed by atoms with Gasteiger partial charge in [0.1, 0.15) is 5.82 Å². The first kappa shape index (κ1) is 18.0. The summed E-state index contributed by atoms with van der Waals surface area (Å²) < 4.78 is 6.64. The zero-order chi connectivity index (χ0) is 17.7. The van der Waals surface area contributed by atoms with Crippen LogP contribution in [-0.4, -0.2) is 38.6 Å². The van der Waals surface area contributed by atoms with Crippen molar-refractivity contribution in [1.82, 2.24) is 19.8 Å². The summed E-state index contributed by atoms with van der Waals surface area (Å²) in [4.78, 5) is 11.8. The number of aromatic nitrogens is 4. The Labute approximate surface area is 142 Å². The van der Waals surface area contributed by atoms with Gasteiger partial charge in [-0.15, -0.1) is 15.3 Å². The van der Waals surface area contributed by atoms with Crippen LogP contribution in [0.25, 0.3) is 5.65 Å².